The number of Topliss-reactive ketones (excluding diaryl/α,β-unsaturated/α-hetero) is 1. The molecule has 5 heteroatoms. The first-order valence-corrected chi connectivity index (χ1v) is 9.36. The van der Waals surface area contributed by atoms with E-state index in [1.165, 1.54) is 6.07 Å². The normalized spacial score (nSPS) is 17.8. The molecule has 3 aromatic carbocycles. The number of hydrogen-bond acceptors (Lipinski definition) is 3. The quantitative estimate of drug-likeness (QED) is 0.307. The first kappa shape index (κ1) is 18.5. The number of ether oxygens (including phenoxy) is 1. The number of carbonyl (C=O) groups is 2. The van der Waals surface area contributed by atoms with Gasteiger partial charge in [0.25, 0.3) is 0 Å². The molecule has 4 rings (SSSR count). The largest absolute Gasteiger partial charge is 0.422 e. The molecule has 0 aliphatic carbocycles. The van der Waals surface area contributed by atoms with Crippen molar-refractivity contribution in [1.82, 2.24) is 0 Å². The molecule has 3 aromatic rings. The van der Waals surface area contributed by atoms with Crippen LogP contribution >= 0.6 is 23.2 Å². The highest BCUT2D eigenvalue weighted by molar-refractivity contribution is 6.42. The zero-order valence-corrected chi connectivity index (χ0v) is 16.1. The molecule has 0 N–H and O–H groups in total. The molecule has 0 saturated carbocycles. The molecule has 138 valence electrons. The lowest BCUT2D eigenvalue weighted by atomic mass is 9.95. The Hall–Kier alpha value is -2.88. The lowest BCUT2D eigenvalue weighted by Gasteiger charge is -2.05. The molecule has 1 saturated heterocycles. The van der Waals surface area contributed by atoms with E-state index in [2.05, 4.69) is 0 Å². The van der Waals surface area contributed by atoms with Crippen LogP contribution in [0.2, 0.25) is 10.0 Å². The van der Waals surface area contributed by atoms with E-state index in [4.69, 9.17) is 27.9 Å². The van der Waals surface area contributed by atoms with E-state index in [9.17, 15) is 9.59 Å². The number of halogens is 2. The SMILES string of the molecule is O=C1OC(=Cc2ccc(-c3ccccc3)cc2)C(=O)C1c1ccc(Cl)c(Cl)c1. The maximum Gasteiger partial charge on any atom is 0.327 e. The van der Waals surface area contributed by atoms with Gasteiger partial charge in [-0.1, -0.05) is 83.9 Å². The molecule has 3 nitrogen and oxygen atoms in total. The number of esters is 1. The lowest BCUT2D eigenvalue weighted by molar-refractivity contribution is -0.136. The summed E-state index contributed by atoms with van der Waals surface area (Å²) in [4.78, 5) is 25.0. The summed E-state index contributed by atoms with van der Waals surface area (Å²) in [7, 11) is 0. The molecule has 0 spiro atoms. The predicted molar refractivity (Wildman–Crippen MR) is 110 cm³/mol. The third-order valence-corrected chi connectivity index (χ3v) is 5.28. The highest BCUT2D eigenvalue weighted by Crippen LogP contribution is 2.34. The molecule has 1 aliphatic rings. The maximum absolute atomic E-state index is 12.7. The highest BCUT2D eigenvalue weighted by atomic mass is 35.5. The minimum Gasteiger partial charge on any atom is -0.422 e. The fourth-order valence-corrected chi connectivity index (χ4v) is 3.41. The number of allylic oxidation sites excluding steroid dienone is 1. The number of benzene rings is 3. The van der Waals surface area contributed by atoms with Gasteiger partial charge in [0.15, 0.2) is 5.76 Å². The van der Waals surface area contributed by atoms with Gasteiger partial charge in [0, 0.05) is 0 Å². The predicted octanol–water partition coefficient (Wildman–Crippen LogP) is 5.91. The van der Waals surface area contributed by atoms with Crippen molar-refractivity contribution in [3.8, 4) is 11.1 Å². The number of ketones is 1. The van der Waals surface area contributed by atoms with E-state index in [0.29, 0.717) is 10.6 Å². The number of hydrogen-bond donors (Lipinski definition) is 0. The molecular formula is C23H14Cl2O3. The van der Waals surface area contributed by atoms with Crippen LogP contribution in [0.5, 0.6) is 0 Å². The van der Waals surface area contributed by atoms with E-state index in [1.54, 1.807) is 18.2 Å². The summed E-state index contributed by atoms with van der Waals surface area (Å²) in [5.74, 6) is -2.01. The Labute approximate surface area is 172 Å². The Kier molecular flexibility index (Phi) is 5.03. The molecule has 1 unspecified atom stereocenters. The van der Waals surface area contributed by atoms with Crippen LogP contribution in [0.1, 0.15) is 17.0 Å². The summed E-state index contributed by atoms with van der Waals surface area (Å²) in [6, 6.07) is 22.3. The lowest BCUT2D eigenvalue weighted by Crippen LogP contribution is -2.12. The Morgan fingerprint density at radius 1 is 0.786 bits per heavy atom. The first-order chi connectivity index (χ1) is 13.5. The molecule has 1 heterocycles. The van der Waals surface area contributed by atoms with Crippen molar-refractivity contribution in [2.24, 2.45) is 0 Å². The van der Waals surface area contributed by atoms with E-state index >= 15 is 0 Å². The van der Waals surface area contributed by atoms with Crippen LogP contribution in [0.25, 0.3) is 17.2 Å². The van der Waals surface area contributed by atoms with Crippen molar-refractivity contribution >= 4 is 41.0 Å². The fraction of sp³-hybridized carbons (Fsp3) is 0.0435. The number of cyclic esters (lactones) is 1. The molecule has 28 heavy (non-hydrogen) atoms. The molecule has 0 radical (unpaired) electrons. The van der Waals surface area contributed by atoms with Crippen molar-refractivity contribution in [3.63, 3.8) is 0 Å². The summed E-state index contributed by atoms with van der Waals surface area (Å²) >= 11 is 11.9. The monoisotopic (exact) mass is 408 g/mol. The van der Waals surface area contributed by atoms with Gasteiger partial charge < -0.3 is 4.74 Å². The van der Waals surface area contributed by atoms with E-state index in [1.807, 2.05) is 54.6 Å². The van der Waals surface area contributed by atoms with Crippen LogP contribution in [-0.2, 0) is 14.3 Å². The molecule has 0 aromatic heterocycles. The van der Waals surface area contributed by atoms with Crippen molar-refractivity contribution in [1.29, 1.82) is 0 Å². The van der Waals surface area contributed by atoms with Crippen LogP contribution in [0.15, 0.2) is 78.6 Å². The Bertz CT molecular complexity index is 1090. The van der Waals surface area contributed by atoms with E-state index < -0.39 is 17.7 Å². The van der Waals surface area contributed by atoms with Crippen LogP contribution in [0.4, 0.5) is 0 Å². The van der Waals surface area contributed by atoms with Crippen LogP contribution in [0.3, 0.4) is 0 Å². The van der Waals surface area contributed by atoms with E-state index in [-0.39, 0.29) is 10.8 Å². The van der Waals surface area contributed by atoms with Gasteiger partial charge in [-0.3, -0.25) is 9.59 Å². The van der Waals surface area contributed by atoms with Crippen molar-refractivity contribution in [2.75, 3.05) is 0 Å². The highest BCUT2D eigenvalue weighted by Gasteiger charge is 2.41. The topological polar surface area (TPSA) is 43.4 Å². The minimum absolute atomic E-state index is 0.0218. The summed E-state index contributed by atoms with van der Waals surface area (Å²) in [5.41, 5.74) is 3.40. The second kappa shape index (κ2) is 7.63. The minimum atomic E-state index is -1.02. The Morgan fingerprint density at radius 2 is 1.46 bits per heavy atom. The zero-order valence-electron chi connectivity index (χ0n) is 14.6. The average Bonchev–Trinajstić information content (AvgIpc) is 2.98. The standard InChI is InChI=1S/C23H14Cl2O3/c24-18-11-10-17(13-19(18)25)21-22(26)20(28-23(21)27)12-14-6-8-16(9-7-14)15-4-2-1-3-5-15/h1-13,21H. The van der Waals surface area contributed by atoms with Gasteiger partial charge in [-0.15, -0.1) is 0 Å². The van der Waals surface area contributed by atoms with Crippen LogP contribution in [-0.4, -0.2) is 11.8 Å². The fourth-order valence-electron chi connectivity index (χ4n) is 3.10. The molecular weight excluding hydrogens is 395 g/mol. The van der Waals surface area contributed by atoms with Gasteiger partial charge in [-0.2, -0.15) is 0 Å². The number of rotatable bonds is 3. The van der Waals surface area contributed by atoms with Gasteiger partial charge in [0.05, 0.1) is 10.0 Å². The second-order valence-corrected chi connectivity index (χ2v) is 7.20. The van der Waals surface area contributed by atoms with Gasteiger partial charge in [-0.05, 0) is 40.5 Å². The maximum atomic E-state index is 12.7. The van der Waals surface area contributed by atoms with Gasteiger partial charge in [0.1, 0.15) is 5.92 Å². The summed E-state index contributed by atoms with van der Waals surface area (Å²) < 4.78 is 5.23. The van der Waals surface area contributed by atoms with Gasteiger partial charge in [0.2, 0.25) is 5.78 Å². The third kappa shape index (κ3) is 3.59. The Balaban J connectivity index is 1.59. The molecule has 1 atom stereocenters. The van der Waals surface area contributed by atoms with Crippen LogP contribution < -0.4 is 0 Å². The van der Waals surface area contributed by atoms with E-state index in [0.717, 1.165) is 16.7 Å². The third-order valence-electron chi connectivity index (χ3n) is 4.54. The zero-order chi connectivity index (χ0) is 19.7. The van der Waals surface area contributed by atoms with Gasteiger partial charge >= 0.3 is 5.97 Å². The van der Waals surface area contributed by atoms with Crippen molar-refractivity contribution < 1.29 is 14.3 Å². The van der Waals surface area contributed by atoms with Crippen molar-refractivity contribution in [3.05, 3.63) is 99.7 Å². The summed E-state index contributed by atoms with van der Waals surface area (Å²) in [5, 5.41) is 0.646. The molecule has 1 fully saturated rings. The number of carbonyl (C=O) groups excluding carboxylic acids is 2. The second-order valence-electron chi connectivity index (χ2n) is 6.39. The smallest absolute Gasteiger partial charge is 0.327 e. The molecule has 0 bridgehead atoms. The van der Waals surface area contributed by atoms with Gasteiger partial charge in [-0.25, -0.2) is 0 Å². The molecule has 0 amide bonds. The van der Waals surface area contributed by atoms with Crippen molar-refractivity contribution in [2.45, 2.75) is 5.92 Å². The van der Waals surface area contributed by atoms with Crippen LogP contribution in [0, 0.1) is 0 Å². The summed E-state index contributed by atoms with van der Waals surface area (Å²) in [6.45, 7) is 0. The first-order valence-electron chi connectivity index (χ1n) is 8.61. The summed E-state index contributed by atoms with van der Waals surface area (Å²) in [6.07, 6.45) is 1.58. The Morgan fingerprint density at radius 3 is 2.14 bits per heavy atom. The average molecular weight is 409 g/mol. The molecule has 1 aliphatic heterocycles.